The van der Waals surface area contributed by atoms with E-state index >= 15 is 0 Å². The van der Waals surface area contributed by atoms with E-state index in [0.717, 1.165) is 25.0 Å². The van der Waals surface area contributed by atoms with Crippen molar-refractivity contribution in [2.24, 2.45) is 16.9 Å². The standard InChI is InChI=1S/C11H15N3O3/c15-10-5-4-8(11(16)17)12-6-2-1-3-7(9(5)6)13-14-10/h5-6,8-9,12H,1-4H2,(H,14,15)(H,16,17). The maximum Gasteiger partial charge on any atom is 0.320 e. The number of hydrogen-bond donors (Lipinski definition) is 3. The zero-order valence-electron chi connectivity index (χ0n) is 9.35. The molecule has 0 aromatic heterocycles. The number of piperidine rings is 1. The Morgan fingerprint density at radius 3 is 3.06 bits per heavy atom. The minimum atomic E-state index is -0.870. The summed E-state index contributed by atoms with van der Waals surface area (Å²) in [5, 5.41) is 16.3. The Morgan fingerprint density at radius 2 is 2.29 bits per heavy atom. The van der Waals surface area contributed by atoms with E-state index < -0.39 is 12.0 Å². The molecule has 4 unspecified atom stereocenters. The van der Waals surface area contributed by atoms with Crippen molar-refractivity contribution in [3.63, 3.8) is 0 Å². The second-order valence-corrected chi connectivity index (χ2v) is 5.00. The van der Waals surface area contributed by atoms with Crippen LogP contribution in [0.1, 0.15) is 25.7 Å². The van der Waals surface area contributed by atoms with E-state index in [1.165, 1.54) is 0 Å². The molecule has 0 spiro atoms. The molecule has 17 heavy (non-hydrogen) atoms. The van der Waals surface area contributed by atoms with Gasteiger partial charge in [-0.15, -0.1) is 0 Å². The zero-order valence-corrected chi connectivity index (χ0v) is 9.35. The predicted molar refractivity (Wildman–Crippen MR) is 59.4 cm³/mol. The number of amides is 1. The van der Waals surface area contributed by atoms with Gasteiger partial charge >= 0.3 is 5.97 Å². The average molecular weight is 237 g/mol. The topological polar surface area (TPSA) is 90.8 Å². The van der Waals surface area contributed by atoms with Crippen molar-refractivity contribution < 1.29 is 14.7 Å². The molecule has 2 aliphatic heterocycles. The fraction of sp³-hybridized carbons (Fsp3) is 0.727. The first-order valence-electron chi connectivity index (χ1n) is 6.02. The predicted octanol–water partition coefficient (Wildman–Crippen LogP) is -0.296. The van der Waals surface area contributed by atoms with Crippen molar-refractivity contribution in [3.8, 4) is 0 Å². The molecule has 2 fully saturated rings. The van der Waals surface area contributed by atoms with Gasteiger partial charge in [-0.3, -0.25) is 9.59 Å². The Kier molecular flexibility index (Phi) is 2.39. The Bertz CT molecular complexity index is 407. The highest BCUT2D eigenvalue weighted by Crippen LogP contribution is 2.37. The highest BCUT2D eigenvalue weighted by Gasteiger charge is 2.48. The monoisotopic (exact) mass is 237 g/mol. The molecule has 0 aromatic carbocycles. The third kappa shape index (κ3) is 1.63. The summed E-state index contributed by atoms with van der Waals surface area (Å²) < 4.78 is 0. The van der Waals surface area contributed by atoms with Crippen LogP contribution in [-0.2, 0) is 9.59 Å². The number of carbonyl (C=O) groups excluding carboxylic acids is 1. The number of carbonyl (C=O) groups is 2. The van der Waals surface area contributed by atoms with Crippen LogP contribution in [0.5, 0.6) is 0 Å². The van der Waals surface area contributed by atoms with Crippen LogP contribution in [0.25, 0.3) is 0 Å². The van der Waals surface area contributed by atoms with E-state index in [1.54, 1.807) is 0 Å². The number of carboxylic acid groups (broad SMARTS) is 1. The Morgan fingerprint density at radius 1 is 1.47 bits per heavy atom. The molecular formula is C11H15N3O3. The summed E-state index contributed by atoms with van der Waals surface area (Å²) in [6.07, 6.45) is 3.21. The number of rotatable bonds is 1. The van der Waals surface area contributed by atoms with Gasteiger partial charge in [-0.1, -0.05) is 0 Å². The number of aliphatic carboxylic acids is 1. The lowest BCUT2D eigenvalue weighted by molar-refractivity contribution is -0.142. The Labute approximate surface area is 98.5 Å². The number of hydrogen-bond acceptors (Lipinski definition) is 4. The number of nitrogens with zero attached hydrogens (tertiary/aromatic N) is 1. The lowest BCUT2D eigenvalue weighted by Crippen LogP contribution is -2.62. The maximum absolute atomic E-state index is 11.8. The van der Waals surface area contributed by atoms with Gasteiger partial charge in [0.2, 0.25) is 5.91 Å². The quantitative estimate of drug-likeness (QED) is 0.584. The molecule has 4 atom stereocenters. The molecule has 92 valence electrons. The summed E-state index contributed by atoms with van der Waals surface area (Å²) in [7, 11) is 0. The Balaban J connectivity index is 1.92. The summed E-state index contributed by atoms with van der Waals surface area (Å²) in [6, 6.07) is -0.516. The molecule has 6 heteroatoms. The highest BCUT2D eigenvalue weighted by molar-refractivity contribution is 5.97. The van der Waals surface area contributed by atoms with Gasteiger partial charge in [0.1, 0.15) is 6.04 Å². The van der Waals surface area contributed by atoms with Gasteiger partial charge in [-0.2, -0.15) is 5.10 Å². The van der Waals surface area contributed by atoms with E-state index in [2.05, 4.69) is 15.8 Å². The smallest absolute Gasteiger partial charge is 0.320 e. The molecule has 2 heterocycles. The van der Waals surface area contributed by atoms with Crippen molar-refractivity contribution in [3.05, 3.63) is 0 Å². The molecule has 3 aliphatic rings. The summed E-state index contributed by atoms with van der Waals surface area (Å²) in [6.45, 7) is 0. The first-order valence-corrected chi connectivity index (χ1v) is 6.02. The van der Waals surface area contributed by atoms with Gasteiger partial charge in [0, 0.05) is 17.7 Å². The Hall–Kier alpha value is -1.43. The normalized spacial score (nSPS) is 40.0. The van der Waals surface area contributed by atoms with Crippen molar-refractivity contribution >= 4 is 17.6 Å². The van der Waals surface area contributed by atoms with Gasteiger partial charge in [0.15, 0.2) is 0 Å². The molecule has 0 aromatic rings. The van der Waals surface area contributed by atoms with E-state index in [9.17, 15) is 9.59 Å². The largest absolute Gasteiger partial charge is 0.480 e. The third-order valence-electron chi connectivity index (χ3n) is 4.05. The number of hydrazone groups is 1. The first-order chi connectivity index (χ1) is 8.16. The maximum atomic E-state index is 11.8. The van der Waals surface area contributed by atoms with Gasteiger partial charge in [-0.05, 0) is 25.7 Å². The van der Waals surface area contributed by atoms with Crippen LogP contribution in [0.2, 0.25) is 0 Å². The van der Waals surface area contributed by atoms with Crippen molar-refractivity contribution in [2.75, 3.05) is 0 Å². The van der Waals surface area contributed by atoms with E-state index in [-0.39, 0.29) is 23.8 Å². The zero-order chi connectivity index (χ0) is 12.0. The molecule has 0 bridgehead atoms. The highest BCUT2D eigenvalue weighted by atomic mass is 16.4. The van der Waals surface area contributed by atoms with E-state index in [1.807, 2.05) is 0 Å². The van der Waals surface area contributed by atoms with Gasteiger partial charge in [0.25, 0.3) is 0 Å². The molecule has 0 radical (unpaired) electrons. The molecule has 3 rings (SSSR count). The fourth-order valence-corrected chi connectivity index (χ4v) is 3.29. The van der Waals surface area contributed by atoms with Crippen molar-refractivity contribution in [1.29, 1.82) is 0 Å². The van der Waals surface area contributed by atoms with Gasteiger partial charge in [-0.25, -0.2) is 5.43 Å². The molecule has 1 aliphatic carbocycles. The van der Waals surface area contributed by atoms with Gasteiger partial charge < -0.3 is 10.4 Å². The van der Waals surface area contributed by atoms with Crippen molar-refractivity contribution in [1.82, 2.24) is 10.7 Å². The minimum Gasteiger partial charge on any atom is -0.480 e. The minimum absolute atomic E-state index is 0.0911. The van der Waals surface area contributed by atoms with E-state index in [4.69, 9.17) is 5.11 Å². The molecule has 1 amide bonds. The summed E-state index contributed by atoms with van der Waals surface area (Å²) >= 11 is 0. The molecular weight excluding hydrogens is 222 g/mol. The van der Waals surface area contributed by atoms with Crippen LogP contribution in [0.4, 0.5) is 0 Å². The number of carboxylic acids is 1. The van der Waals surface area contributed by atoms with Crippen LogP contribution in [0.3, 0.4) is 0 Å². The summed E-state index contributed by atoms with van der Waals surface area (Å²) in [5.74, 6) is -1.12. The summed E-state index contributed by atoms with van der Waals surface area (Å²) in [5.41, 5.74) is 3.55. The van der Waals surface area contributed by atoms with Crippen LogP contribution in [0.15, 0.2) is 5.10 Å². The molecule has 1 saturated heterocycles. The second kappa shape index (κ2) is 3.80. The second-order valence-electron chi connectivity index (χ2n) is 5.00. The molecule has 6 nitrogen and oxygen atoms in total. The fourth-order valence-electron chi connectivity index (χ4n) is 3.29. The average Bonchev–Trinajstić information content (AvgIpc) is 2.33. The molecule has 3 N–H and O–H groups in total. The number of nitrogens with one attached hydrogen (secondary N) is 2. The van der Waals surface area contributed by atoms with Crippen molar-refractivity contribution in [2.45, 2.75) is 37.8 Å². The third-order valence-corrected chi connectivity index (χ3v) is 4.05. The van der Waals surface area contributed by atoms with Crippen LogP contribution >= 0.6 is 0 Å². The van der Waals surface area contributed by atoms with Gasteiger partial charge in [0.05, 0.1) is 5.92 Å². The summed E-state index contributed by atoms with van der Waals surface area (Å²) in [4.78, 5) is 22.9. The molecule has 1 saturated carbocycles. The van der Waals surface area contributed by atoms with Crippen LogP contribution in [-0.4, -0.2) is 34.8 Å². The lowest BCUT2D eigenvalue weighted by Gasteiger charge is -2.45. The lowest BCUT2D eigenvalue weighted by atomic mass is 9.69. The first kappa shape index (κ1) is 10.7. The van der Waals surface area contributed by atoms with E-state index in [0.29, 0.717) is 6.42 Å². The van der Waals surface area contributed by atoms with Crippen LogP contribution < -0.4 is 10.7 Å². The SMILES string of the molecule is O=C(O)C1CC2C(=O)NN=C3CCCC(N1)C32. The van der Waals surface area contributed by atoms with Crippen LogP contribution in [0, 0.1) is 11.8 Å².